The van der Waals surface area contributed by atoms with Crippen molar-refractivity contribution >= 4 is 5.84 Å². The normalized spacial score (nSPS) is 21.1. The van der Waals surface area contributed by atoms with Crippen molar-refractivity contribution in [2.75, 3.05) is 26.2 Å². The van der Waals surface area contributed by atoms with Crippen LogP contribution in [0.5, 0.6) is 0 Å². The number of piperazine rings is 1. The van der Waals surface area contributed by atoms with Gasteiger partial charge in [-0.15, -0.1) is 0 Å². The summed E-state index contributed by atoms with van der Waals surface area (Å²) in [5, 5.41) is 7.57. The largest absolute Gasteiger partial charge is 0.384 e. The van der Waals surface area contributed by atoms with Crippen LogP contribution in [0.25, 0.3) is 0 Å². The molecule has 1 aromatic carbocycles. The zero-order valence-electron chi connectivity index (χ0n) is 11.6. The Morgan fingerprint density at radius 3 is 2.55 bits per heavy atom. The SMILES string of the molecule is N=C(N)c1cc(F)ccc1CN1CCN(C2CC2)CC1. The summed E-state index contributed by atoms with van der Waals surface area (Å²) in [7, 11) is 0. The second kappa shape index (κ2) is 5.50. The number of hydrogen-bond acceptors (Lipinski definition) is 3. The molecule has 2 aliphatic rings. The van der Waals surface area contributed by atoms with Crippen LogP contribution in [0.4, 0.5) is 4.39 Å². The zero-order chi connectivity index (χ0) is 14.1. The first-order valence-corrected chi connectivity index (χ1v) is 7.23. The van der Waals surface area contributed by atoms with Crippen molar-refractivity contribution in [3.05, 3.63) is 35.1 Å². The summed E-state index contributed by atoms with van der Waals surface area (Å²) in [5.74, 6) is -0.395. The Balaban J connectivity index is 1.64. The molecule has 0 amide bonds. The predicted octanol–water partition coefficient (Wildman–Crippen LogP) is 1.39. The molecular formula is C15H21FN4. The summed E-state index contributed by atoms with van der Waals surface area (Å²) in [6.45, 7) is 5.03. The van der Waals surface area contributed by atoms with Crippen LogP contribution in [0.1, 0.15) is 24.0 Å². The maximum atomic E-state index is 13.3. The highest BCUT2D eigenvalue weighted by molar-refractivity contribution is 5.96. The van der Waals surface area contributed by atoms with Crippen molar-refractivity contribution in [2.45, 2.75) is 25.4 Å². The molecule has 1 saturated heterocycles. The molecule has 0 aromatic heterocycles. The number of nitrogens with zero attached hydrogens (tertiary/aromatic N) is 2. The van der Waals surface area contributed by atoms with Gasteiger partial charge >= 0.3 is 0 Å². The van der Waals surface area contributed by atoms with Gasteiger partial charge in [0.15, 0.2) is 0 Å². The smallest absolute Gasteiger partial charge is 0.123 e. The monoisotopic (exact) mass is 276 g/mol. The molecule has 5 heteroatoms. The lowest BCUT2D eigenvalue weighted by Gasteiger charge is -2.35. The fraction of sp³-hybridized carbons (Fsp3) is 0.533. The molecule has 0 bridgehead atoms. The van der Waals surface area contributed by atoms with E-state index in [0.29, 0.717) is 5.56 Å². The molecule has 1 aliphatic heterocycles. The van der Waals surface area contributed by atoms with Crippen LogP contribution in [0, 0.1) is 11.2 Å². The summed E-state index contributed by atoms with van der Waals surface area (Å²) in [6, 6.07) is 5.38. The Morgan fingerprint density at radius 1 is 1.25 bits per heavy atom. The van der Waals surface area contributed by atoms with Gasteiger partial charge in [-0.05, 0) is 30.5 Å². The lowest BCUT2D eigenvalue weighted by molar-refractivity contribution is 0.121. The quantitative estimate of drug-likeness (QED) is 0.645. The van der Waals surface area contributed by atoms with Gasteiger partial charge in [0.2, 0.25) is 0 Å². The number of nitrogen functional groups attached to an aromatic ring is 1. The number of halogens is 1. The molecule has 3 N–H and O–H groups in total. The van der Waals surface area contributed by atoms with Gasteiger partial charge in [0.25, 0.3) is 0 Å². The number of benzene rings is 1. The van der Waals surface area contributed by atoms with Gasteiger partial charge in [-0.2, -0.15) is 0 Å². The van der Waals surface area contributed by atoms with Gasteiger partial charge in [-0.3, -0.25) is 15.2 Å². The van der Waals surface area contributed by atoms with Gasteiger partial charge in [-0.1, -0.05) is 6.07 Å². The van der Waals surface area contributed by atoms with E-state index in [-0.39, 0.29) is 11.7 Å². The highest BCUT2D eigenvalue weighted by Crippen LogP contribution is 2.27. The summed E-state index contributed by atoms with van der Waals surface area (Å²) < 4.78 is 13.3. The van der Waals surface area contributed by atoms with Gasteiger partial charge < -0.3 is 5.73 Å². The Bertz CT molecular complexity index is 505. The van der Waals surface area contributed by atoms with E-state index in [9.17, 15) is 4.39 Å². The summed E-state index contributed by atoms with van der Waals surface area (Å²) >= 11 is 0. The zero-order valence-corrected chi connectivity index (χ0v) is 11.6. The second-order valence-corrected chi connectivity index (χ2v) is 5.76. The first-order valence-electron chi connectivity index (χ1n) is 7.23. The van der Waals surface area contributed by atoms with Crippen LogP contribution in [-0.2, 0) is 6.54 Å². The molecule has 1 heterocycles. The van der Waals surface area contributed by atoms with Crippen molar-refractivity contribution < 1.29 is 4.39 Å². The van der Waals surface area contributed by atoms with Crippen LogP contribution < -0.4 is 5.73 Å². The number of nitrogens with two attached hydrogens (primary N) is 1. The first kappa shape index (κ1) is 13.5. The van der Waals surface area contributed by atoms with E-state index in [0.717, 1.165) is 44.3 Å². The van der Waals surface area contributed by atoms with E-state index >= 15 is 0 Å². The van der Waals surface area contributed by atoms with E-state index in [1.54, 1.807) is 6.07 Å². The van der Waals surface area contributed by atoms with Gasteiger partial charge in [0.05, 0.1) is 0 Å². The minimum absolute atomic E-state index is 0.0592. The van der Waals surface area contributed by atoms with Crippen LogP contribution in [0.15, 0.2) is 18.2 Å². The molecule has 108 valence electrons. The molecule has 0 unspecified atom stereocenters. The third-order valence-corrected chi connectivity index (χ3v) is 4.23. The first-order chi connectivity index (χ1) is 9.63. The van der Waals surface area contributed by atoms with Crippen molar-refractivity contribution in [1.82, 2.24) is 9.80 Å². The molecule has 4 nitrogen and oxygen atoms in total. The molecule has 1 saturated carbocycles. The van der Waals surface area contributed by atoms with E-state index in [1.165, 1.54) is 25.0 Å². The predicted molar refractivity (Wildman–Crippen MR) is 77.3 cm³/mol. The van der Waals surface area contributed by atoms with Crippen molar-refractivity contribution in [2.24, 2.45) is 5.73 Å². The average Bonchev–Trinajstić information content (AvgIpc) is 3.26. The number of nitrogens with one attached hydrogen (secondary N) is 1. The Kier molecular flexibility index (Phi) is 3.72. The maximum absolute atomic E-state index is 13.3. The topological polar surface area (TPSA) is 56.4 Å². The third kappa shape index (κ3) is 2.99. The molecule has 3 rings (SSSR count). The van der Waals surface area contributed by atoms with Gasteiger partial charge in [-0.25, -0.2) is 4.39 Å². The minimum Gasteiger partial charge on any atom is -0.384 e. The van der Waals surface area contributed by atoms with Crippen LogP contribution in [0.2, 0.25) is 0 Å². The highest BCUT2D eigenvalue weighted by atomic mass is 19.1. The fourth-order valence-electron chi connectivity index (χ4n) is 2.90. The lowest BCUT2D eigenvalue weighted by atomic mass is 10.1. The van der Waals surface area contributed by atoms with Crippen LogP contribution >= 0.6 is 0 Å². The summed E-state index contributed by atoms with van der Waals surface area (Å²) in [5.41, 5.74) is 7.01. The van der Waals surface area contributed by atoms with Gasteiger partial charge in [0.1, 0.15) is 11.7 Å². The highest BCUT2D eigenvalue weighted by Gasteiger charge is 2.31. The van der Waals surface area contributed by atoms with E-state index in [4.69, 9.17) is 11.1 Å². The average molecular weight is 276 g/mol. The molecule has 2 fully saturated rings. The molecule has 1 aromatic rings. The van der Waals surface area contributed by atoms with Crippen LogP contribution in [0.3, 0.4) is 0 Å². The second-order valence-electron chi connectivity index (χ2n) is 5.76. The van der Waals surface area contributed by atoms with Crippen molar-refractivity contribution in [1.29, 1.82) is 5.41 Å². The number of rotatable bonds is 4. The van der Waals surface area contributed by atoms with Gasteiger partial charge in [0, 0.05) is 44.3 Å². The third-order valence-electron chi connectivity index (χ3n) is 4.23. The number of amidine groups is 1. The standard InChI is InChI=1S/C15H21FN4/c16-12-2-1-11(14(9-12)15(17)18)10-19-5-7-20(8-6-19)13-3-4-13/h1-2,9,13H,3-8,10H2,(H3,17,18). The van der Waals surface area contributed by atoms with E-state index < -0.39 is 0 Å². The molecule has 0 radical (unpaired) electrons. The molecule has 0 atom stereocenters. The van der Waals surface area contributed by atoms with Crippen molar-refractivity contribution in [3.8, 4) is 0 Å². The van der Waals surface area contributed by atoms with Crippen LogP contribution in [-0.4, -0.2) is 47.9 Å². The Hall–Kier alpha value is -1.46. The fourth-order valence-corrected chi connectivity index (χ4v) is 2.90. The molecule has 1 aliphatic carbocycles. The molecular weight excluding hydrogens is 255 g/mol. The Labute approximate surface area is 118 Å². The summed E-state index contributed by atoms with van der Waals surface area (Å²) in [4.78, 5) is 4.92. The van der Waals surface area contributed by atoms with E-state index in [2.05, 4.69) is 9.80 Å². The van der Waals surface area contributed by atoms with E-state index in [1.807, 2.05) is 0 Å². The lowest BCUT2D eigenvalue weighted by Crippen LogP contribution is -2.46. The Morgan fingerprint density at radius 2 is 1.95 bits per heavy atom. The molecule has 0 spiro atoms. The van der Waals surface area contributed by atoms with Crippen molar-refractivity contribution in [3.63, 3.8) is 0 Å². The maximum Gasteiger partial charge on any atom is 0.123 e. The summed E-state index contributed by atoms with van der Waals surface area (Å²) in [6.07, 6.45) is 2.71. The minimum atomic E-state index is -0.336. The number of hydrogen-bond donors (Lipinski definition) is 2. The molecule has 20 heavy (non-hydrogen) atoms.